The first-order valence-corrected chi connectivity index (χ1v) is 7.55. The highest BCUT2D eigenvalue weighted by Gasteiger charge is 2.16. The van der Waals surface area contributed by atoms with Crippen molar-refractivity contribution in [3.05, 3.63) is 30.3 Å². The summed E-state index contributed by atoms with van der Waals surface area (Å²) in [6.07, 6.45) is 0.114. The number of rotatable bonds is 5. The zero-order valence-electron chi connectivity index (χ0n) is 11.4. The van der Waals surface area contributed by atoms with Crippen LogP contribution in [0.3, 0.4) is 0 Å². The Balaban J connectivity index is 2.48. The van der Waals surface area contributed by atoms with E-state index >= 15 is 0 Å². The number of hydrogen-bond acceptors (Lipinski definition) is 3. The monoisotopic (exact) mass is 284 g/mol. The third kappa shape index (κ3) is 5.85. The molecule has 19 heavy (non-hydrogen) atoms. The van der Waals surface area contributed by atoms with Crippen molar-refractivity contribution in [2.45, 2.75) is 37.6 Å². The molecular formula is C13H20N2O3S. The highest BCUT2D eigenvalue weighted by Crippen LogP contribution is 2.06. The summed E-state index contributed by atoms with van der Waals surface area (Å²) in [5.74, 6) is -0.178. The van der Waals surface area contributed by atoms with Crippen molar-refractivity contribution in [1.82, 2.24) is 10.0 Å². The van der Waals surface area contributed by atoms with Gasteiger partial charge in [-0.25, -0.2) is 13.1 Å². The van der Waals surface area contributed by atoms with Gasteiger partial charge in [0.1, 0.15) is 0 Å². The topological polar surface area (TPSA) is 75.3 Å². The molecular weight excluding hydrogens is 264 g/mol. The minimum atomic E-state index is -3.53. The number of carbonyl (C=O) groups excluding carboxylic acids is 1. The number of amides is 1. The number of benzene rings is 1. The standard InChI is InChI=1S/C13H20N2O3S/c1-13(2,3)15-12(16)9-10-14-19(17,18)11-7-5-4-6-8-11/h4-8,14H,9-10H2,1-3H3,(H,15,16). The van der Waals surface area contributed by atoms with E-state index in [-0.39, 0.29) is 29.3 Å². The molecule has 0 unspecified atom stereocenters. The van der Waals surface area contributed by atoms with Crippen LogP contribution in [0, 0.1) is 0 Å². The average molecular weight is 284 g/mol. The predicted molar refractivity (Wildman–Crippen MR) is 74.1 cm³/mol. The largest absolute Gasteiger partial charge is 0.351 e. The molecule has 0 aliphatic carbocycles. The van der Waals surface area contributed by atoms with Crippen LogP contribution in [0.5, 0.6) is 0 Å². The second-order valence-corrected chi connectivity index (χ2v) is 7.03. The zero-order chi connectivity index (χ0) is 14.5. The van der Waals surface area contributed by atoms with Gasteiger partial charge in [-0.1, -0.05) is 18.2 Å². The van der Waals surface area contributed by atoms with Crippen LogP contribution >= 0.6 is 0 Å². The van der Waals surface area contributed by atoms with Crippen molar-refractivity contribution in [2.75, 3.05) is 6.54 Å². The van der Waals surface area contributed by atoms with Crippen molar-refractivity contribution in [1.29, 1.82) is 0 Å². The molecule has 1 aromatic carbocycles. The Hall–Kier alpha value is -1.40. The maximum Gasteiger partial charge on any atom is 0.240 e. The van der Waals surface area contributed by atoms with Crippen LogP contribution in [0.15, 0.2) is 35.2 Å². The van der Waals surface area contributed by atoms with Gasteiger partial charge in [0.05, 0.1) is 4.90 Å². The second kappa shape index (κ2) is 6.16. The third-order valence-corrected chi connectivity index (χ3v) is 3.69. The zero-order valence-corrected chi connectivity index (χ0v) is 12.3. The lowest BCUT2D eigenvalue weighted by atomic mass is 10.1. The summed E-state index contributed by atoms with van der Waals surface area (Å²) in [6, 6.07) is 8.08. The molecule has 6 heteroatoms. The molecule has 0 fully saturated rings. The highest BCUT2D eigenvalue weighted by molar-refractivity contribution is 7.89. The van der Waals surface area contributed by atoms with Gasteiger partial charge in [-0.3, -0.25) is 4.79 Å². The highest BCUT2D eigenvalue weighted by atomic mass is 32.2. The van der Waals surface area contributed by atoms with E-state index in [1.165, 1.54) is 12.1 Å². The molecule has 0 saturated carbocycles. The van der Waals surface area contributed by atoms with E-state index < -0.39 is 10.0 Å². The molecule has 2 N–H and O–H groups in total. The fourth-order valence-electron chi connectivity index (χ4n) is 1.46. The van der Waals surface area contributed by atoms with Gasteiger partial charge in [-0.05, 0) is 32.9 Å². The van der Waals surface area contributed by atoms with Crippen molar-refractivity contribution < 1.29 is 13.2 Å². The maximum absolute atomic E-state index is 11.9. The predicted octanol–water partition coefficient (Wildman–Crippen LogP) is 1.27. The molecule has 0 aromatic heterocycles. The fraction of sp³-hybridized carbons (Fsp3) is 0.462. The summed E-state index contributed by atoms with van der Waals surface area (Å²) in [5.41, 5.74) is -0.310. The molecule has 106 valence electrons. The maximum atomic E-state index is 11.9. The van der Waals surface area contributed by atoms with Crippen LogP contribution in [-0.2, 0) is 14.8 Å². The molecule has 1 amide bonds. The van der Waals surface area contributed by atoms with E-state index in [1.54, 1.807) is 18.2 Å². The van der Waals surface area contributed by atoms with E-state index in [2.05, 4.69) is 10.0 Å². The van der Waals surface area contributed by atoms with Crippen LogP contribution in [-0.4, -0.2) is 26.4 Å². The second-order valence-electron chi connectivity index (χ2n) is 5.26. The van der Waals surface area contributed by atoms with Crippen molar-refractivity contribution >= 4 is 15.9 Å². The van der Waals surface area contributed by atoms with Crippen molar-refractivity contribution in [3.63, 3.8) is 0 Å². The van der Waals surface area contributed by atoms with Gasteiger partial charge in [-0.2, -0.15) is 0 Å². The van der Waals surface area contributed by atoms with Crippen molar-refractivity contribution in [2.24, 2.45) is 0 Å². The lowest BCUT2D eigenvalue weighted by Gasteiger charge is -2.20. The molecule has 0 atom stereocenters. The molecule has 5 nitrogen and oxygen atoms in total. The minimum Gasteiger partial charge on any atom is -0.351 e. The van der Waals surface area contributed by atoms with Gasteiger partial charge >= 0.3 is 0 Å². The first-order valence-electron chi connectivity index (χ1n) is 6.06. The molecule has 0 spiro atoms. The summed E-state index contributed by atoms with van der Waals surface area (Å²) in [5, 5.41) is 2.77. The lowest BCUT2D eigenvalue weighted by Crippen LogP contribution is -2.41. The molecule has 0 saturated heterocycles. The summed E-state index contributed by atoms with van der Waals surface area (Å²) >= 11 is 0. The molecule has 0 bridgehead atoms. The van der Waals surface area contributed by atoms with Crippen LogP contribution in [0.1, 0.15) is 27.2 Å². The normalized spacial score (nSPS) is 12.2. The van der Waals surface area contributed by atoms with Crippen LogP contribution in [0.2, 0.25) is 0 Å². The summed E-state index contributed by atoms with van der Waals surface area (Å²) < 4.78 is 26.1. The molecule has 0 aliphatic rings. The Morgan fingerprint density at radius 2 is 1.74 bits per heavy atom. The Labute approximate surface area is 114 Å². The number of carbonyl (C=O) groups is 1. The van der Waals surface area contributed by atoms with Gasteiger partial charge in [0.25, 0.3) is 0 Å². The number of sulfonamides is 1. The number of hydrogen-bond donors (Lipinski definition) is 2. The van der Waals surface area contributed by atoms with E-state index in [0.717, 1.165) is 0 Å². The van der Waals surface area contributed by atoms with E-state index in [9.17, 15) is 13.2 Å². The van der Waals surface area contributed by atoms with Gasteiger partial charge < -0.3 is 5.32 Å². The van der Waals surface area contributed by atoms with E-state index in [0.29, 0.717) is 0 Å². The molecule has 1 rings (SSSR count). The Morgan fingerprint density at radius 1 is 1.16 bits per heavy atom. The number of nitrogens with one attached hydrogen (secondary N) is 2. The first kappa shape index (κ1) is 15.7. The summed E-state index contributed by atoms with van der Waals surface area (Å²) in [6.45, 7) is 5.70. The Kier molecular flexibility index (Phi) is 5.08. The first-order chi connectivity index (χ1) is 8.71. The summed E-state index contributed by atoms with van der Waals surface area (Å²) in [7, 11) is -3.53. The quantitative estimate of drug-likeness (QED) is 0.855. The fourth-order valence-corrected chi connectivity index (χ4v) is 2.52. The van der Waals surface area contributed by atoms with E-state index in [4.69, 9.17) is 0 Å². The molecule has 0 aliphatic heterocycles. The van der Waals surface area contributed by atoms with Crippen LogP contribution in [0.25, 0.3) is 0 Å². The van der Waals surface area contributed by atoms with E-state index in [1.807, 2.05) is 20.8 Å². The van der Waals surface area contributed by atoms with Gasteiger partial charge in [0, 0.05) is 18.5 Å². The molecule has 0 radical (unpaired) electrons. The lowest BCUT2D eigenvalue weighted by molar-refractivity contribution is -0.122. The smallest absolute Gasteiger partial charge is 0.240 e. The Bertz CT molecular complexity index is 519. The van der Waals surface area contributed by atoms with Gasteiger partial charge in [-0.15, -0.1) is 0 Å². The van der Waals surface area contributed by atoms with Crippen molar-refractivity contribution in [3.8, 4) is 0 Å². The molecule has 0 heterocycles. The van der Waals surface area contributed by atoms with Crippen LogP contribution < -0.4 is 10.0 Å². The SMILES string of the molecule is CC(C)(C)NC(=O)CCNS(=O)(=O)c1ccccc1. The molecule has 1 aromatic rings. The van der Waals surface area contributed by atoms with Gasteiger partial charge in [0.2, 0.25) is 15.9 Å². The Morgan fingerprint density at radius 3 is 2.26 bits per heavy atom. The van der Waals surface area contributed by atoms with Crippen LogP contribution in [0.4, 0.5) is 0 Å². The van der Waals surface area contributed by atoms with Gasteiger partial charge in [0.15, 0.2) is 0 Å². The third-order valence-electron chi connectivity index (χ3n) is 2.21. The summed E-state index contributed by atoms with van der Waals surface area (Å²) in [4.78, 5) is 11.7. The average Bonchev–Trinajstić information content (AvgIpc) is 2.27. The minimum absolute atomic E-state index is 0.0825.